The van der Waals surface area contributed by atoms with Crippen molar-refractivity contribution in [3.8, 4) is 0 Å². The van der Waals surface area contributed by atoms with E-state index in [-0.39, 0.29) is 4.90 Å². The predicted molar refractivity (Wildman–Crippen MR) is 121 cm³/mol. The highest BCUT2D eigenvalue weighted by Gasteiger charge is 2.14. The molecule has 3 aromatic carbocycles. The van der Waals surface area contributed by atoms with Crippen LogP contribution in [0, 0.1) is 6.92 Å². The molecule has 0 bridgehead atoms. The summed E-state index contributed by atoms with van der Waals surface area (Å²) in [5, 5.41) is 0. The first-order chi connectivity index (χ1) is 14.4. The van der Waals surface area contributed by atoms with E-state index < -0.39 is 10.0 Å². The molecule has 0 saturated carbocycles. The van der Waals surface area contributed by atoms with Gasteiger partial charge in [0.05, 0.1) is 15.9 Å². The van der Waals surface area contributed by atoms with Crippen LogP contribution in [0.25, 0.3) is 11.0 Å². The van der Waals surface area contributed by atoms with Crippen molar-refractivity contribution in [3.63, 3.8) is 0 Å². The molecule has 5 nitrogen and oxygen atoms in total. The number of aromatic amines is 1. The molecule has 6 heteroatoms. The summed E-state index contributed by atoms with van der Waals surface area (Å²) in [6, 6.07) is 20.7. The summed E-state index contributed by atoms with van der Waals surface area (Å²) >= 11 is 0. The number of aromatic nitrogens is 2. The zero-order chi connectivity index (χ0) is 21.1. The van der Waals surface area contributed by atoms with Crippen molar-refractivity contribution >= 4 is 26.7 Å². The molecule has 0 atom stereocenters. The minimum atomic E-state index is -3.59. The molecule has 0 aliphatic rings. The van der Waals surface area contributed by atoms with Gasteiger partial charge in [-0.2, -0.15) is 0 Å². The molecule has 30 heavy (non-hydrogen) atoms. The molecule has 0 unspecified atom stereocenters. The monoisotopic (exact) mass is 419 g/mol. The van der Waals surface area contributed by atoms with Gasteiger partial charge in [-0.05, 0) is 72.9 Å². The summed E-state index contributed by atoms with van der Waals surface area (Å²) in [6.45, 7) is 4.11. The molecule has 0 spiro atoms. The van der Waals surface area contributed by atoms with Crippen LogP contribution < -0.4 is 4.72 Å². The Morgan fingerprint density at radius 2 is 1.60 bits per heavy atom. The summed E-state index contributed by atoms with van der Waals surface area (Å²) in [5.74, 6) is 0.955. The van der Waals surface area contributed by atoms with Crippen LogP contribution in [0.5, 0.6) is 0 Å². The van der Waals surface area contributed by atoms with Crippen molar-refractivity contribution in [2.24, 2.45) is 0 Å². The molecule has 1 heterocycles. The second-order valence-electron chi connectivity index (χ2n) is 7.50. The van der Waals surface area contributed by atoms with Crippen LogP contribution in [0.1, 0.15) is 29.4 Å². The van der Waals surface area contributed by atoms with E-state index in [0.717, 1.165) is 47.2 Å². The SMILES string of the molecule is CCc1ccc(S(=O)(=O)Nc2ccc(CCc3nc4ccc(C)cc4[nH]3)cc2)cc1. The summed E-state index contributed by atoms with van der Waals surface area (Å²) in [4.78, 5) is 8.27. The molecule has 0 amide bonds. The lowest BCUT2D eigenvalue weighted by Gasteiger charge is -2.09. The number of anilines is 1. The average Bonchev–Trinajstić information content (AvgIpc) is 3.15. The molecule has 4 aromatic rings. The molecule has 0 aliphatic carbocycles. The van der Waals surface area contributed by atoms with Crippen LogP contribution in [-0.2, 0) is 29.3 Å². The molecule has 154 valence electrons. The molecule has 0 radical (unpaired) electrons. The van der Waals surface area contributed by atoms with Gasteiger partial charge in [0.1, 0.15) is 5.82 Å². The fraction of sp³-hybridized carbons (Fsp3) is 0.208. The number of hydrogen-bond donors (Lipinski definition) is 2. The zero-order valence-corrected chi connectivity index (χ0v) is 18.0. The van der Waals surface area contributed by atoms with E-state index in [0.29, 0.717) is 5.69 Å². The third-order valence-electron chi connectivity index (χ3n) is 5.18. The van der Waals surface area contributed by atoms with Crippen molar-refractivity contribution < 1.29 is 8.42 Å². The van der Waals surface area contributed by atoms with Crippen molar-refractivity contribution in [2.45, 2.75) is 38.0 Å². The van der Waals surface area contributed by atoms with E-state index in [1.54, 1.807) is 24.3 Å². The Morgan fingerprint density at radius 1 is 0.900 bits per heavy atom. The number of rotatable bonds is 7. The van der Waals surface area contributed by atoms with E-state index in [9.17, 15) is 8.42 Å². The Bertz CT molecular complexity index is 1260. The number of sulfonamides is 1. The van der Waals surface area contributed by atoms with Gasteiger partial charge in [0.15, 0.2) is 0 Å². The highest BCUT2D eigenvalue weighted by molar-refractivity contribution is 7.92. The number of aryl methyl sites for hydroxylation is 4. The Labute approximate surface area is 177 Å². The minimum Gasteiger partial charge on any atom is -0.342 e. The van der Waals surface area contributed by atoms with Gasteiger partial charge in [0.25, 0.3) is 10.0 Å². The first-order valence-corrected chi connectivity index (χ1v) is 11.6. The Kier molecular flexibility index (Phi) is 5.59. The van der Waals surface area contributed by atoms with Gasteiger partial charge in [-0.15, -0.1) is 0 Å². The lowest BCUT2D eigenvalue weighted by atomic mass is 10.1. The molecule has 4 rings (SSSR count). The molecule has 0 aliphatic heterocycles. The maximum Gasteiger partial charge on any atom is 0.261 e. The topological polar surface area (TPSA) is 74.8 Å². The highest BCUT2D eigenvalue weighted by Crippen LogP contribution is 2.19. The zero-order valence-electron chi connectivity index (χ0n) is 17.1. The summed E-state index contributed by atoms with van der Waals surface area (Å²) < 4.78 is 27.8. The fourth-order valence-electron chi connectivity index (χ4n) is 3.42. The van der Waals surface area contributed by atoms with Gasteiger partial charge in [-0.3, -0.25) is 4.72 Å². The smallest absolute Gasteiger partial charge is 0.261 e. The average molecular weight is 420 g/mol. The van der Waals surface area contributed by atoms with Gasteiger partial charge in [-0.1, -0.05) is 37.3 Å². The summed E-state index contributed by atoms with van der Waals surface area (Å²) in [5.41, 5.74) is 6.03. The first kappa shape index (κ1) is 20.2. The molecule has 2 N–H and O–H groups in total. The first-order valence-electron chi connectivity index (χ1n) is 10.1. The second-order valence-corrected chi connectivity index (χ2v) is 9.19. The van der Waals surface area contributed by atoms with Gasteiger partial charge in [-0.25, -0.2) is 13.4 Å². The largest absolute Gasteiger partial charge is 0.342 e. The fourth-order valence-corrected chi connectivity index (χ4v) is 4.47. The predicted octanol–water partition coefficient (Wildman–Crippen LogP) is 5.02. The third kappa shape index (κ3) is 4.54. The minimum absolute atomic E-state index is 0.267. The van der Waals surface area contributed by atoms with E-state index in [1.807, 2.05) is 37.3 Å². The molecule has 1 aromatic heterocycles. The van der Waals surface area contributed by atoms with Gasteiger partial charge >= 0.3 is 0 Å². The quantitative estimate of drug-likeness (QED) is 0.442. The Morgan fingerprint density at radius 3 is 2.30 bits per heavy atom. The van der Waals surface area contributed by atoms with Crippen LogP contribution in [-0.4, -0.2) is 18.4 Å². The van der Waals surface area contributed by atoms with Crippen molar-refractivity contribution in [2.75, 3.05) is 4.72 Å². The van der Waals surface area contributed by atoms with E-state index >= 15 is 0 Å². The molecule has 0 fully saturated rings. The number of nitrogens with zero attached hydrogens (tertiary/aromatic N) is 1. The maximum absolute atomic E-state index is 12.6. The van der Waals surface area contributed by atoms with Crippen molar-refractivity contribution in [1.82, 2.24) is 9.97 Å². The normalized spacial score (nSPS) is 11.7. The van der Waals surface area contributed by atoms with E-state index in [1.165, 1.54) is 5.56 Å². The number of hydrogen-bond acceptors (Lipinski definition) is 3. The molecular weight excluding hydrogens is 394 g/mol. The van der Waals surface area contributed by atoms with Gasteiger partial charge in [0, 0.05) is 12.1 Å². The van der Waals surface area contributed by atoms with Crippen molar-refractivity contribution in [1.29, 1.82) is 0 Å². The van der Waals surface area contributed by atoms with Crippen LogP contribution in [0.3, 0.4) is 0 Å². The number of nitrogens with one attached hydrogen (secondary N) is 2. The van der Waals surface area contributed by atoms with E-state index in [4.69, 9.17) is 0 Å². The highest BCUT2D eigenvalue weighted by atomic mass is 32.2. The second kappa shape index (κ2) is 8.32. The van der Waals surface area contributed by atoms with Gasteiger partial charge < -0.3 is 4.98 Å². The molecular formula is C24H25N3O2S. The Hall–Kier alpha value is -3.12. The number of benzene rings is 3. The van der Waals surface area contributed by atoms with Crippen molar-refractivity contribution in [3.05, 3.63) is 89.2 Å². The lowest BCUT2D eigenvalue weighted by molar-refractivity contribution is 0.601. The number of imidazole rings is 1. The van der Waals surface area contributed by atoms with Crippen LogP contribution in [0.2, 0.25) is 0 Å². The maximum atomic E-state index is 12.6. The van der Waals surface area contributed by atoms with E-state index in [2.05, 4.69) is 33.7 Å². The number of fused-ring (bicyclic) bond motifs is 1. The standard InChI is InChI=1S/C24H25N3O2S/c1-3-18-7-12-21(13-8-18)30(28,29)27-20-10-5-19(6-11-20)9-15-24-25-22-14-4-17(2)16-23(22)26-24/h4-8,10-14,16,27H,3,9,15H2,1-2H3,(H,25,26). The van der Waals surface area contributed by atoms with Crippen LogP contribution in [0.15, 0.2) is 71.6 Å². The molecule has 0 saturated heterocycles. The van der Waals surface area contributed by atoms with Gasteiger partial charge in [0.2, 0.25) is 0 Å². The Balaban J connectivity index is 1.40. The summed E-state index contributed by atoms with van der Waals surface area (Å²) in [6.07, 6.45) is 2.50. The van der Waals surface area contributed by atoms with Crippen LogP contribution >= 0.6 is 0 Å². The third-order valence-corrected chi connectivity index (χ3v) is 6.58. The lowest BCUT2D eigenvalue weighted by Crippen LogP contribution is -2.12. The van der Waals surface area contributed by atoms with Crippen LogP contribution in [0.4, 0.5) is 5.69 Å². The summed E-state index contributed by atoms with van der Waals surface area (Å²) in [7, 11) is -3.59. The number of H-pyrrole nitrogens is 1.